The number of rotatable bonds is 9. The van der Waals surface area contributed by atoms with Crippen LogP contribution in [0.1, 0.15) is 44.7 Å². The highest BCUT2D eigenvalue weighted by Gasteiger charge is 2.38. The zero-order chi connectivity index (χ0) is 14.4. The largest absolute Gasteiger partial charge is 0.494 e. The Bertz CT molecular complexity index is 404. The highest BCUT2D eigenvalue weighted by atomic mass is 16.5. The molecule has 0 heterocycles. The first-order valence-electron chi connectivity index (χ1n) is 7.79. The lowest BCUT2D eigenvalue weighted by molar-refractivity contribution is 0.0498. The molecule has 2 atom stereocenters. The Hall–Kier alpha value is -1.06. The number of hydrogen-bond donors (Lipinski definition) is 1. The van der Waals surface area contributed by atoms with Gasteiger partial charge in [-0.25, -0.2) is 0 Å². The Labute approximate surface area is 122 Å². The van der Waals surface area contributed by atoms with Crippen LogP contribution >= 0.6 is 0 Å². The quantitative estimate of drug-likeness (QED) is 0.749. The van der Waals surface area contributed by atoms with Gasteiger partial charge in [-0.15, -0.1) is 0 Å². The Balaban J connectivity index is 2.24. The van der Waals surface area contributed by atoms with Gasteiger partial charge in [0.15, 0.2) is 0 Å². The highest BCUT2D eigenvalue weighted by molar-refractivity contribution is 5.37. The molecule has 1 N–H and O–H groups in total. The zero-order valence-electron chi connectivity index (χ0n) is 12.9. The molecule has 0 bridgehead atoms. The van der Waals surface area contributed by atoms with Crippen LogP contribution in [-0.2, 0) is 4.74 Å². The number of methoxy groups -OCH3 is 1. The molecule has 112 valence electrons. The number of hydrogen-bond acceptors (Lipinski definition) is 3. The molecule has 0 amide bonds. The molecule has 0 radical (unpaired) electrons. The maximum Gasteiger partial charge on any atom is 0.124 e. The minimum atomic E-state index is 0.218. The molecule has 0 aliphatic heterocycles. The second kappa shape index (κ2) is 7.65. The molecule has 1 aromatic rings. The summed E-state index contributed by atoms with van der Waals surface area (Å²) in [6.07, 6.45) is 3.91. The SMILES string of the molecule is CCCNC(c1ccccc1OCC)C(OC)C1CC1. The van der Waals surface area contributed by atoms with Crippen molar-refractivity contribution in [3.8, 4) is 5.75 Å². The monoisotopic (exact) mass is 277 g/mol. The molecule has 3 nitrogen and oxygen atoms in total. The van der Waals surface area contributed by atoms with Crippen molar-refractivity contribution in [2.75, 3.05) is 20.3 Å². The van der Waals surface area contributed by atoms with Gasteiger partial charge >= 0.3 is 0 Å². The van der Waals surface area contributed by atoms with Crippen molar-refractivity contribution < 1.29 is 9.47 Å². The van der Waals surface area contributed by atoms with Crippen LogP contribution in [-0.4, -0.2) is 26.4 Å². The third kappa shape index (κ3) is 3.74. The molecule has 2 unspecified atom stereocenters. The van der Waals surface area contributed by atoms with Gasteiger partial charge in [-0.2, -0.15) is 0 Å². The van der Waals surface area contributed by atoms with Gasteiger partial charge in [-0.1, -0.05) is 25.1 Å². The first kappa shape index (κ1) is 15.3. The van der Waals surface area contributed by atoms with Crippen LogP contribution in [0, 0.1) is 5.92 Å². The van der Waals surface area contributed by atoms with Gasteiger partial charge in [-0.05, 0) is 44.7 Å². The van der Waals surface area contributed by atoms with E-state index in [1.54, 1.807) is 0 Å². The maximum absolute atomic E-state index is 5.80. The molecule has 3 heteroatoms. The first-order valence-corrected chi connectivity index (χ1v) is 7.79. The molecular formula is C17H27NO2. The molecule has 1 fully saturated rings. The van der Waals surface area contributed by atoms with Crippen molar-refractivity contribution in [1.29, 1.82) is 0 Å². The van der Waals surface area contributed by atoms with Crippen LogP contribution in [0.25, 0.3) is 0 Å². The van der Waals surface area contributed by atoms with E-state index in [9.17, 15) is 0 Å². The lowest BCUT2D eigenvalue weighted by Gasteiger charge is -2.29. The zero-order valence-corrected chi connectivity index (χ0v) is 12.9. The van der Waals surface area contributed by atoms with E-state index < -0.39 is 0 Å². The number of nitrogens with one attached hydrogen (secondary N) is 1. The second-order valence-corrected chi connectivity index (χ2v) is 5.44. The van der Waals surface area contributed by atoms with E-state index in [0.717, 1.165) is 18.7 Å². The van der Waals surface area contributed by atoms with E-state index in [0.29, 0.717) is 12.5 Å². The summed E-state index contributed by atoms with van der Waals surface area (Å²) in [7, 11) is 1.83. The van der Waals surface area contributed by atoms with E-state index in [1.807, 2.05) is 20.1 Å². The topological polar surface area (TPSA) is 30.5 Å². The van der Waals surface area contributed by atoms with Crippen LogP contribution in [0.4, 0.5) is 0 Å². The van der Waals surface area contributed by atoms with E-state index in [2.05, 4.69) is 30.4 Å². The summed E-state index contributed by atoms with van der Waals surface area (Å²) >= 11 is 0. The number of ether oxygens (including phenoxy) is 2. The summed E-state index contributed by atoms with van der Waals surface area (Å²) < 4.78 is 11.6. The summed E-state index contributed by atoms with van der Waals surface area (Å²) in [4.78, 5) is 0. The first-order chi connectivity index (χ1) is 9.81. The van der Waals surface area contributed by atoms with Gasteiger partial charge in [0.25, 0.3) is 0 Å². The van der Waals surface area contributed by atoms with Crippen molar-refractivity contribution in [2.45, 2.75) is 45.3 Å². The predicted molar refractivity (Wildman–Crippen MR) is 82.2 cm³/mol. The van der Waals surface area contributed by atoms with Crippen LogP contribution in [0.3, 0.4) is 0 Å². The number of para-hydroxylation sites is 1. The molecule has 20 heavy (non-hydrogen) atoms. The van der Waals surface area contributed by atoms with Gasteiger partial charge in [-0.3, -0.25) is 0 Å². The molecule has 0 spiro atoms. The third-order valence-corrected chi connectivity index (χ3v) is 3.86. The van der Waals surface area contributed by atoms with Crippen molar-refractivity contribution in [3.63, 3.8) is 0 Å². The van der Waals surface area contributed by atoms with Crippen LogP contribution in [0.5, 0.6) is 5.75 Å². The van der Waals surface area contributed by atoms with Crippen molar-refractivity contribution in [3.05, 3.63) is 29.8 Å². The molecule has 1 aromatic carbocycles. The summed E-state index contributed by atoms with van der Waals surface area (Å²) in [5.74, 6) is 1.66. The Morgan fingerprint density at radius 2 is 2.00 bits per heavy atom. The lowest BCUT2D eigenvalue weighted by atomic mass is 9.96. The summed E-state index contributed by atoms with van der Waals surface area (Å²) in [5.41, 5.74) is 1.22. The van der Waals surface area contributed by atoms with Crippen molar-refractivity contribution >= 4 is 0 Å². The maximum atomic E-state index is 5.80. The Morgan fingerprint density at radius 1 is 1.25 bits per heavy atom. The Morgan fingerprint density at radius 3 is 2.60 bits per heavy atom. The highest BCUT2D eigenvalue weighted by Crippen LogP contribution is 2.41. The third-order valence-electron chi connectivity index (χ3n) is 3.86. The van der Waals surface area contributed by atoms with E-state index >= 15 is 0 Å². The van der Waals surface area contributed by atoms with Crippen molar-refractivity contribution in [1.82, 2.24) is 5.32 Å². The van der Waals surface area contributed by atoms with E-state index in [-0.39, 0.29) is 12.1 Å². The molecule has 1 aliphatic rings. The molecule has 1 aliphatic carbocycles. The molecule has 2 rings (SSSR count). The summed E-state index contributed by atoms with van der Waals surface area (Å²) in [6.45, 7) is 5.91. The average Bonchev–Trinajstić information content (AvgIpc) is 3.29. The smallest absolute Gasteiger partial charge is 0.124 e. The second-order valence-electron chi connectivity index (χ2n) is 5.44. The standard InChI is InChI=1S/C17H27NO2/c1-4-12-18-16(17(19-3)13-10-11-13)14-8-6-7-9-15(14)20-5-2/h6-9,13,16-18H,4-5,10-12H2,1-3H3. The minimum absolute atomic E-state index is 0.218. The summed E-state index contributed by atoms with van der Waals surface area (Å²) in [6, 6.07) is 8.55. The van der Waals surface area contributed by atoms with Gasteiger partial charge in [0.05, 0.1) is 18.8 Å². The Kier molecular flexibility index (Phi) is 5.86. The molecule has 0 aromatic heterocycles. The van der Waals surface area contributed by atoms with Crippen LogP contribution in [0.2, 0.25) is 0 Å². The molecule has 1 saturated carbocycles. The van der Waals surface area contributed by atoms with Gasteiger partial charge < -0.3 is 14.8 Å². The van der Waals surface area contributed by atoms with Crippen LogP contribution in [0.15, 0.2) is 24.3 Å². The normalized spacial score (nSPS) is 17.8. The van der Waals surface area contributed by atoms with Gasteiger partial charge in [0.1, 0.15) is 5.75 Å². The van der Waals surface area contributed by atoms with Gasteiger partial charge in [0.2, 0.25) is 0 Å². The fourth-order valence-corrected chi connectivity index (χ4v) is 2.75. The number of benzene rings is 1. The molecule has 0 saturated heterocycles. The fourth-order valence-electron chi connectivity index (χ4n) is 2.75. The van der Waals surface area contributed by atoms with Crippen molar-refractivity contribution in [2.24, 2.45) is 5.92 Å². The van der Waals surface area contributed by atoms with E-state index in [4.69, 9.17) is 9.47 Å². The van der Waals surface area contributed by atoms with Crippen LogP contribution < -0.4 is 10.1 Å². The summed E-state index contributed by atoms with van der Waals surface area (Å²) in [5, 5.41) is 3.65. The minimum Gasteiger partial charge on any atom is -0.494 e. The van der Waals surface area contributed by atoms with Gasteiger partial charge in [0, 0.05) is 12.7 Å². The van der Waals surface area contributed by atoms with E-state index in [1.165, 1.54) is 18.4 Å². The molecular weight excluding hydrogens is 250 g/mol. The average molecular weight is 277 g/mol. The lowest BCUT2D eigenvalue weighted by Crippen LogP contribution is -2.35. The fraction of sp³-hybridized carbons (Fsp3) is 0.647. The predicted octanol–water partition coefficient (Wildman–Crippen LogP) is 3.55.